The van der Waals surface area contributed by atoms with Crippen molar-refractivity contribution in [1.82, 2.24) is 10.9 Å². The van der Waals surface area contributed by atoms with Crippen LogP contribution in [0, 0.1) is 0 Å². The number of nitrogens with one attached hydrogen (secondary N) is 2. The van der Waals surface area contributed by atoms with Crippen LogP contribution >= 0.6 is 15.9 Å². The second kappa shape index (κ2) is 1.47. The minimum Gasteiger partial charge on any atom is -0.326 e. The molecule has 0 fully saturated rings. The molecule has 3 nitrogen and oxygen atoms in total. The molecule has 0 bridgehead atoms. The smallest absolute Gasteiger partial charge is 0.161 e. The van der Waals surface area contributed by atoms with Crippen molar-refractivity contribution in [2.24, 2.45) is 5.73 Å². The number of halogens is 1. The van der Waals surface area contributed by atoms with Crippen LogP contribution in [0.25, 0.3) is 0 Å². The van der Waals surface area contributed by atoms with E-state index in [-0.39, 0.29) is 0 Å². The zero-order valence-corrected chi connectivity index (χ0v) is 5.20. The molecule has 0 radical (unpaired) electrons. The normalized spacial score (nSPS) is 38.6. The Balaban J connectivity index is 2.57. The molecule has 1 unspecified atom stereocenters. The molecule has 7 heavy (non-hydrogen) atoms. The van der Waals surface area contributed by atoms with Crippen molar-refractivity contribution in [1.29, 1.82) is 0 Å². The van der Waals surface area contributed by atoms with E-state index < -0.39 is 4.57 Å². The van der Waals surface area contributed by atoms with Crippen LogP contribution in [0.4, 0.5) is 0 Å². The SMILES string of the molecule is NC1(Br)C=CNN1. The van der Waals surface area contributed by atoms with Gasteiger partial charge >= 0.3 is 0 Å². The minimum atomic E-state index is -0.535. The van der Waals surface area contributed by atoms with Gasteiger partial charge in [-0.2, -0.15) is 0 Å². The molecular formula is C3H6BrN3. The van der Waals surface area contributed by atoms with Crippen molar-refractivity contribution in [3.63, 3.8) is 0 Å². The molecule has 0 aromatic carbocycles. The fourth-order valence-corrected chi connectivity index (χ4v) is 0.604. The number of hydrogen-bond donors (Lipinski definition) is 3. The van der Waals surface area contributed by atoms with Crippen LogP contribution in [0.1, 0.15) is 0 Å². The summed E-state index contributed by atoms with van der Waals surface area (Å²) in [6, 6.07) is 0. The highest BCUT2D eigenvalue weighted by atomic mass is 79.9. The Bertz CT molecular complexity index is 98.4. The van der Waals surface area contributed by atoms with Crippen molar-refractivity contribution in [2.45, 2.75) is 4.57 Å². The topological polar surface area (TPSA) is 50.1 Å². The summed E-state index contributed by atoms with van der Waals surface area (Å²) in [4.78, 5) is 0. The number of nitrogens with two attached hydrogens (primary N) is 1. The molecule has 40 valence electrons. The lowest BCUT2D eigenvalue weighted by Gasteiger charge is -2.11. The summed E-state index contributed by atoms with van der Waals surface area (Å²) < 4.78 is -0.535. The summed E-state index contributed by atoms with van der Waals surface area (Å²) in [6.07, 6.45) is 3.50. The van der Waals surface area contributed by atoms with Crippen molar-refractivity contribution < 1.29 is 0 Å². The standard InChI is InChI=1S/C3H6BrN3/c4-3(5)1-2-6-7-3/h1-2,6-7H,5H2. The monoisotopic (exact) mass is 163 g/mol. The fraction of sp³-hybridized carbons (Fsp3) is 0.333. The maximum absolute atomic E-state index is 5.43. The molecule has 1 heterocycles. The van der Waals surface area contributed by atoms with Gasteiger partial charge in [-0.15, -0.1) is 0 Å². The quantitative estimate of drug-likeness (QED) is 0.337. The van der Waals surface area contributed by atoms with Gasteiger partial charge in [0.15, 0.2) is 4.57 Å². The molecule has 4 heteroatoms. The highest BCUT2D eigenvalue weighted by molar-refractivity contribution is 9.10. The van der Waals surface area contributed by atoms with Crippen molar-refractivity contribution in [3.8, 4) is 0 Å². The molecule has 0 aliphatic carbocycles. The molecule has 0 aromatic heterocycles. The molecule has 1 rings (SSSR count). The van der Waals surface area contributed by atoms with Gasteiger partial charge in [0.05, 0.1) is 0 Å². The zero-order chi connectivity index (χ0) is 5.33. The Morgan fingerprint density at radius 1 is 1.71 bits per heavy atom. The van der Waals surface area contributed by atoms with Crippen LogP contribution in [0.2, 0.25) is 0 Å². The van der Waals surface area contributed by atoms with E-state index >= 15 is 0 Å². The van der Waals surface area contributed by atoms with E-state index in [2.05, 4.69) is 26.8 Å². The van der Waals surface area contributed by atoms with Crippen LogP contribution in [-0.2, 0) is 0 Å². The maximum atomic E-state index is 5.43. The summed E-state index contributed by atoms with van der Waals surface area (Å²) in [5, 5.41) is 0. The first-order chi connectivity index (χ1) is 3.21. The third-order valence-corrected chi connectivity index (χ3v) is 1.14. The Morgan fingerprint density at radius 3 is 2.57 bits per heavy atom. The van der Waals surface area contributed by atoms with Crippen LogP contribution in [0.15, 0.2) is 12.3 Å². The molecule has 4 N–H and O–H groups in total. The first-order valence-corrected chi connectivity index (χ1v) is 2.68. The third-order valence-electron chi connectivity index (χ3n) is 0.673. The second-order valence-electron chi connectivity index (χ2n) is 1.37. The predicted molar refractivity (Wildman–Crippen MR) is 31.3 cm³/mol. The summed E-state index contributed by atoms with van der Waals surface area (Å²) in [7, 11) is 0. The van der Waals surface area contributed by atoms with E-state index in [1.807, 2.05) is 0 Å². The highest BCUT2D eigenvalue weighted by Gasteiger charge is 2.17. The second-order valence-corrected chi connectivity index (χ2v) is 2.68. The summed E-state index contributed by atoms with van der Waals surface area (Å²) in [6.45, 7) is 0. The molecule has 0 saturated heterocycles. The molecule has 1 aliphatic heterocycles. The fourth-order valence-electron chi connectivity index (χ4n) is 0.357. The lowest BCUT2D eigenvalue weighted by molar-refractivity contribution is 0.571. The molecule has 0 saturated carbocycles. The average molecular weight is 164 g/mol. The van der Waals surface area contributed by atoms with E-state index in [0.717, 1.165) is 0 Å². The van der Waals surface area contributed by atoms with E-state index in [4.69, 9.17) is 5.73 Å². The Hall–Kier alpha value is -0.0600. The first-order valence-electron chi connectivity index (χ1n) is 1.89. The van der Waals surface area contributed by atoms with Gasteiger partial charge in [-0.1, -0.05) is 0 Å². The molecule has 0 amide bonds. The largest absolute Gasteiger partial charge is 0.326 e. The molecular weight excluding hydrogens is 158 g/mol. The van der Waals surface area contributed by atoms with Crippen molar-refractivity contribution >= 4 is 15.9 Å². The van der Waals surface area contributed by atoms with Crippen molar-refractivity contribution in [2.75, 3.05) is 0 Å². The van der Waals surface area contributed by atoms with E-state index in [0.29, 0.717) is 0 Å². The Kier molecular flexibility index (Phi) is 1.07. The van der Waals surface area contributed by atoms with E-state index in [9.17, 15) is 0 Å². The van der Waals surface area contributed by atoms with Gasteiger partial charge in [0.25, 0.3) is 0 Å². The van der Waals surface area contributed by atoms with Gasteiger partial charge in [-0.3, -0.25) is 5.73 Å². The number of hydrazine groups is 1. The lowest BCUT2D eigenvalue weighted by Crippen LogP contribution is -2.46. The van der Waals surface area contributed by atoms with Gasteiger partial charge in [0.2, 0.25) is 0 Å². The lowest BCUT2D eigenvalue weighted by atomic mass is 10.5. The molecule has 1 aliphatic rings. The molecule has 1 atom stereocenters. The van der Waals surface area contributed by atoms with Crippen LogP contribution in [0.5, 0.6) is 0 Å². The number of hydrogen-bond acceptors (Lipinski definition) is 3. The predicted octanol–water partition coefficient (Wildman–Crippen LogP) is -0.385. The summed E-state index contributed by atoms with van der Waals surface area (Å²) >= 11 is 3.16. The highest BCUT2D eigenvalue weighted by Crippen LogP contribution is 2.08. The summed E-state index contributed by atoms with van der Waals surface area (Å²) in [5.41, 5.74) is 10.9. The van der Waals surface area contributed by atoms with Crippen LogP contribution < -0.4 is 16.6 Å². The Labute approximate surface area is 50.1 Å². The molecule has 0 aromatic rings. The minimum absolute atomic E-state index is 0.535. The van der Waals surface area contributed by atoms with Crippen molar-refractivity contribution in [3.05, 3.63) is 12.3 Å². The number of rotatable bonds is 0. The third kappa shape index (κ3) is 1.15. The van der Waals surface area contributed by atoms with Gasteiger partial charge in [-0.25, -0.2) is 5.43 Å². The van der Waals surface area contributed by atoms with Crippen LogP contribution in [0.3, 0.4) is 0 Å². The maximum Gasteiger partial charge on any atom is 0.161 e. The number of alkyl halides is 1. The van der Waals surface area contributed by atoms with Gasteiger partial charge < -0.3 is 5.43 Å². The van der Waals surface area contributed by atoms with Gasteiger partial charge in [0, 0.05) is 6.20 Å². The summed E-state index contributed by atoms with van der Waals surface area (Å²) in [5.74, 6) is 0. The molecule has 0 spiro atoms. The zero-order valence-electron chi connectivity index (χ0n) is 3.61. The average Bonchev–Trinajstić information content (AvgIpc) is 1.84. The van der Waals surface area contributed by atoms with Gasteiger partial charge in [-0.05, 0) is 22.0 Å². The van der Waals surface area contributed by atoms with Gasteiger partial charge in [0.1, 0.15) is 0 Å². The van der Waals surface area contributed by atoms with Crippen LogP contribution in [-0.4, -0.2) is 4.57 Å². The Morgan fingerprint density at radius 2 is 2.43 bits per heavy atom. The first kappa shape index (κ1) is 5.08. The van der Waals surface area contributed by atoms with E-state index in [1.165, 1.54) is 0 Å². The van der Waals surface area contributed by atoms with E-state index in [1.54, 1.807) is 12.3 Å².